The van der Waals surface area contributed by atoms with Crippen LogP contribution in [-0.2, 0) is 21.2 Å². The average molecular weight is 445 g/mol. The van der Waals surface area contributed by atoms with Gasteiger partial charge in [0.2, 0.25) is 0 Å². The molecule has 168 valence electrons. The van der Waals surface area contributed by atoms with Gasteiger partial charge in [0.1, 0.15) is 17.3 Å². The van der Waals surface area contributed by atoms with Crippen LogP contribution in [0.2, 0.25) is 0 Å². The van der Waals surface area contributed by atoms with Gasteiger partial charge in [-0.2, -0.15) is 0 Å². The second-order valence-corrected chi connectivity index (χ2v) is 10.2. The Hall–Kier alpha value is -2.32. The predicted octanol–water partition coefficient (Wildman–Crippen LogP) is 3.58. The lowest BCUT2D eigenvalue weighted by Crippen LogP contribution is -2.44. The molecule has 1 fully saturated rings. The summed E-state index contributed by atoms with van der Waals surface area (Å²) in [4.78, 5) is 24.0. The molecule has 2 amide bonds. The van der Waals surface area contributed by atoms with Crippen molar-refractivity contribution < 1.29 is 9.53 Å². The summed E-state index contributed by atoms with van der Waals surface area (Å²) in [6.45, 7) is 13.5. The number of anilines is 2. The first kappa shape index (κ1) is 23.3. The second kappa shape index (κ2) is 10.3. The zero-order chi connectivity index (χ0) is 22.4. The fourth-order valence-corrected chi connectivity index (χ4v) is 4.67. The number of amides is 2. The monoisotopic (exact) mass is 444 g/mol. The van der Waals surface area contributed by atoms with Crippen LogP contribution in [0.25, 0.3) is 11.4 Å². The molecule has 0 aliphatic carbocycles. The molecule has 1 aromatic carbocycles. The van der Waals surface area contributed by atoms with E-state index in [0.717, 1.165) is 35.1 Å². The van der Waals surface area contributed by atoms with Crippen molar-refractivity contribution >= 4 is 29.3 Å². The van der Waals surface area contributed by atoms with Gasteiger partial charge in [-0.15, -0.1) is 0 Å². The minimum atomic E-state index is -0.211. The first-order valence-electron chi connectivity index (χ1n) is 10.9. The van der Waals surface area contributed by atoms with E-state index in [1.165, 1.54) is 11.8 Å². The summed E-state index contributed by atoms with van der Waals surface area (Å²) in [6.07, 6.45) is 0. The van der Waals surface area contributed by atoms with Crippen LogP contribution in [0.15, 0.2) is 30.3 Å². The van der Waals surface area contributed by atoms with Gasteiger partial charge in [0.25, 0.3) is 0 Å². The molecule has 2 N–H and O–H groups in total. The van der Waals surface area contributed by atoms with Crippen molar-refractivity contribution in [2.24, 2.45) is 0 Å². The number of urea groups is 1. The van der Waals surface area contributed by atoms with Gasteiger partial charge < -0.3 is 20.3 Å². The lowest BCUT2D eigenvalue weighted by molar-refractivity contribution is 0.0985. The van der Waals surface area contributed by atoms with E-state index < -0.39 is 0 Å². The van der Waals surface area contributed by atoms with Crippen molar-refractivity contribution in [3.63, 3.8) is 0 Å². The molecule has 1 saturated heterocycles. The molecule has 31 heavy (non-hydrogen) atoms. The van der Waals surface area contributed by atoms with Crippen LogP contribution in [0.3, 0.4) is 0 Å². The lowest BCUT2D eigenvalue weighted by Gasteiger charge is -2.35. The fourth-order valence-electron chi connectivity index (χ4n) is 3.61. The molecule has 8 heteroatoms. The number of ether oxygens (including phenoxy) is 1. The van der Waals surface area contributed by atoms with Crippen molar-refractivity contribution in [3.05, 3.63) is 36.0 Å². The maximum Gasteiger partial charge on any atom is 0.319 e. The third-order valence-electron chi connectivity index (χ3n) is 5.29. The van der Waals surface area contributed by atoms with Crippen LogP contribution in [-0.4, -0.2) is 54.1 Å². The third kappa shape index (κ3) is 5.89. The number of hydrogen-bond donors (Lipinski definition) is 2. The Morgan fingerprint density at radius 1 is 1.26 bits per heavy atom. The predicted molar refractivity (Wildman–Crippen MR) is 130 cm³/mol. The van der Waals surface area contributed by atoms with E-state index in [4.69, 9.17) is 14.7 Å². The Morgan fingerprint density at radius 3 is 2.65 bits per heavy atom. The molecule has 1 aromatic heterocycles. The van der Waals surface area contributed by atoms with Crippen molar-refractivity contribution in [1.82, 2.24) is 15.3 Å². The molecule has 1 aliphatic heterocycles. The summed E-state index contributed by atoms with van der Waals surface area (Å²) in [5.41, 5.74) is 2.70. The minimum absolute atomic E-state index is 0.0730. The van der Waals surface area contributed by atoms with E-state index in [2.05, 4.69) is 49.3 Å². The first-order valence-corrected chi connectivity index (χ1v) is 12.0. The van der Waals surface area contributed by atoms with Gasteiger partial charge in [-0.05, 0) is 70.6 Å². The molecule has 0 bridgehead atoms. The Balaban J connectivity index is 1.96. The van der Waals surface area contributed by atoms with Gasteiger partial charge >= 0.3 is 6.03 Å². The molecule has 7 nitrogen and oxygen atoms in total. The standard InChI is InChI=1S/C23H33N5O2S/c1-6-24-22(29)25-18-10-8-17(9-11-18)21-26-19(23(4,5)31-7-2)14-20(27-21)28-12-13-30-15-16(28)3/h8-11,14,16H,6-7,12-13,15H2,1-5H3,(H2,24,25,29)/p+1/t16-/m0/s1. The SMILES string of the molecule is CCNC(=O)Nc1ccc(-c2nc(N3CCOC[C@@H]3C)cc(C(C)(C)[SH+]CC)n2)cc1. The average Bonchev–Trinajstić information content (AvgIpc) is 2.74. The second-order valence-electron chi connectivity index (χ2n) is 8.15. The molecule has 0 radical (unpaired) electrons. The fraction of sp³-hybridized carbons (Fsp3) is 0.522. The number of carbonyl (C=O) groups is 1. The third-order valence-corrected chi connectivity index (χ3v) is 6.63. The van der Waals surface area contributed by atoms with Crippen LogP contribution < -0.4 is 15.5 Å². The molecule has 1 atom stereocenters. The number of aromatic nitrogens is 2. The van der Waals surface area contributed by atoms with Crippen LogP contribution in [0.5, 0.6) is 0 Å². The van der Waals surface area contributed by atoms with E-state index in [0.29, 0.717) is 25.6 Å². The van der Waals surface area contributed by atoms with Gasteiger partial charge in [0.05, 0.1) is 19.3 Å². The molecule has 1 aliphatic rings. The van der Waals surface area contributed by atoms with E-state index in [-0.39, 0.29) is 16.8 Å². The van der Waals surface area contributed by atoms with E-state index in [9.17, 15) is 4.79 Å². The number of nitrogens with zero attached hydrogens (tertiary/aromatic N) is 3. The zero-order valence-electron chi connectivity index (χ0n) is 19.1. The molecule has 0 saturated carbocycles. The smallest absolute Gasteiger partial charge is 0.319 e. The molecular weight excluding hydrogens is 410 g/mol. The van der Waals surface area contributed by atoms with Crippen molar-refractivity contribution in [2.75, 3.05) is 42.3 Å². The summed E-state index contributed by atoms with van der Waals surface area (Å²) in [5, 5.41) is 5.56. The van der Waals surface area contributed by atoms with Gasteiger partial charge in [-0.25, -0.2) is 14.8 Å². The Bertz CT molecular complexity index is 888. The van der Waals surface area contributed by atoms with Gasteiger partial charge in [0, 0.05) is 30.4 Å². The Morgan fingerprint density at radius 2 is 2.00 bits per heavy atom. The number of hydrogen-bond acceptors (Lipinski definition) is 5. The molecule has 0 unspecified atom stereocenters. The number of carbonyl (C=O) groups excluding carboxylic acids is 1. The number of thiol groups is 1. The highest BCUT2D eigenvalue weighted by atomic mass is 32.2. The van der Waals surface area contributed by atoms with Crippen LogP contribution in [0, 0.1) is 0 Å². The van der Waals surface area contributed by atoms with E-state index in [1.54, 1.807) is 0 Å². The largest absolute Gasteiger partial charge is 0.377 e. The van der Waals surface area contributed by atoms with Crippen molar-refractivity contribution in [3.8, 4) is 11.4 Å². The quantitative estimate of drug-likeness (QED) is 0.504. The maximum absolute atomic E-state index is 11.8. The normalized spacial score (nSPS) is 16.8. The van der Waals surface area contributed by atoms with E-state index >= 15 is 0 Å². The molecule has 0 spiro atoms. The molecule has 2 aromatic rings. The summed E-state index contributed by atoms with van der Waals surface area (Å²) in [5.74, 6) is 2.71. The Labute approximate surface area is 189 Å². The summed E-state index contributed by atoms with van der Waals surface area (Å²) >= 11 is 1.33. The van der Waals surface area contributed by atoms with Gasteiger partial charge in [0.15, 0.2) is 10.6 Å². The highest BCUT2D eigenvalue weighted by Crippen LogP contribution is 2.30. The van der Waals surface area contributed by atoms with Crippen LogP contribution >= 0.6 is 0 Å². The van der Waals surface area contributed by atoms with Gasteiger partial charge in [-0.1, -0.05) is 0 Å². The minimum Gasteiger partial charge on any atom is -0.377 e. The molecule has 3 rings (SSSR count). The molecular formula is C23H34N5O2S+. The van der Waals surface area contributed by atoms with Crippen molar-refractivity contribution in [2.45, 2.75) is 45.4 Å². The van der Waals surface area contributed by atoms with E-state index in [1.807, 2.05) is 31.2 Å². The number of rotatable bonds is 7. The summed E-state index contributed by atoms with van der Waals surface area (Å²) in [6, 6.07) is 9.87. The topological polar surface area (TPSA) is 79.4 Å². The molecule has 2 heterocycles. The zero-order valence-corrected chi connectivity index (χ0v) is 20.0. The van der Waals surface area contributed by atoms with Crippen LogP contribution in [0.1, 0.15) is 40.3 Å². The van der Waals surface area contributed by atoms with Crippen molar-refractivity contribution in [1.29, 1.82) is 0 Å². The lowest BCUT2D eigenvalue weighted by atomic mass is 10.1. The van der Waals surface area contributed by atoms with Crippen LogP contribution in [0.4, 0.5) is 16.3 Å². The summed E-state index contributed by atoms with van der Waals surface area (Å²) < 4.78 is 5.55. The number of benzene rings is 1. The summed E-state index contributed by atoms with van der Waals surface area (Å²) in [7, 11) is 0. The number of nitrogens with one attached hydrogen (secondary N) is 2. The first-order chi connectivity index (χ1) is 14.8. The highest BCUT2D eigenvalue weighted by molar-refractivity contribution is 7.79. The van der Waals surface area contributed by atoms with Gasteiger partial charge in [-0.3, -0.25) is 0 Å². The highest BCUT2D eigenvalue weighted by Gasteiger charge is 2.32. The number of morpholine rings is 1. The maximum atomic E-state index is 11.8. The Kier molecular flexibility index (Phi) is 7.78.